The van der Waals surface area contributed by atoms with Crippen molar-refractivity contribution in [2.75, 3.05) is 39.3 Å². The summed E-state index contributed by atoms with van der Waals surface area (Å²) in [6, 6.07) is 19.3. The Kier molecular flexibility index (Phi) is 12.4. The number of Topliss-reactive ketones (excluding diaryl/α,β-unsaturated/α-hetero) is 1. The highest BCUT2D eigenvalue weighted by molar-refractivity contribution is 7.87. The van der Waals surface area contributed by atoms with Crippen LogP contribution in [-0.2, 0) is 50.8 Å². The summed E-state index contributed by atoms with van der Waals surface area (Å²) >= 11 is -0.0703. The van der Waals surface area contributed by atoms with Gasteiger partial charge in [-0.15, -0.1) is 0 Å². The number of hydrogen-bond acceptors (Lipinski definition) is 12. The van der Waals surface area contributed by atoms with Crippen LogP contribution in [0.4, 0.5) is 0 Å². The summed E-state index contributed by atoms with van der Waals surface area (Å²) in [5, 5.41) is 0. The van der Waals surface area contributed by atoms with E-state index in [4.69, 9.17) is 9.11 Å². The third kappa shape index (κ3) is 11.5. The highest BCUT2D eigenvalue weighted by Crippen LogP contribution is 2.34. The van der Waals surface area contributed by atoms with Gasteiger partial charge in [-0.3, -0.25) is 18.7 Å². The SMILES string of the molecule is CC(C)(C)c1ccc([I+]c2ccc(C(C)(C)C)cc2)cc1.O=C1C=C(N2CC2)C(=O)C(N2CC2)=C1N1CC1.O=S(=O)([O-])c1cc(S(=O)(=O)O)cc(S(=O)(=O)O)c1. The van der Waals surface area contributed by atoms with Crippen LogP contribution in [0, 0.1) is 7.14 Å². The maximum absolute atomic E-state index is 12.4. The molecule has 0 amide bonds. The minimum Gasteiger partial charge on any atom is -0.744 e. The molecule has 3 aliphatic heterocycles. The first-order chi connectivity index (χ1) is 25.7. The molecule has 0 radical (unpaired) electrons. The molecule has 0 atom stereocenters. The molecular formula is C38H44IN3O11S3. The summed E-state index contributed by atoms with van der Waals surface area (Å²) in [4.78, 5) is 27.0. The van der Waals surface area contributed by atoms with Crippen molar-refractivity contribution < 1.29 is 69.7 Å². The molecule has 1 aliphatic carbocycles. The van der Waals surface area contributed by atoms with Gasteiger partial charge in [0.15, 0.2) is 7.14 Å². The van der Waals surface area contributed by atoms with Crippen LogP contribution in [0.2, 0.25) is 0 Å². The molecule has 4 aliphatic rings. The molecule has 56 heavy (non-hydrogen) atoms. The largest absolute Gasteiger partial charge is 0.744 e. The molecule has 0 spiro atoms. The van der Waals surface area contributed by atoms with E-state index < -0.39 is 45.0 Å². The van der Waals surface area contributed by atoms with Crippen LogP contribution in [0.3, 0.4) is 0 Å². The van der Waals surface area contributed by atoms with Crippen LogP contribution in [0.25, 0.3) is 0 Å². The number of hydrogen-bond donors (Lipinski definition) is 2. The molecule has 3 heterocycles. The standard InChI is InChI=1S/C20H26I.C12H13N3O2.C6H6O9S3/c1-19(2,3)15-7-11-17(12-8-15)21-18-13-9-16(10-14-18)20(4,5)6;16-9-7-8(13-1-2-13)12(17)11(15-5-6-15)10(9)14-3-4-14;7-16(8,9)4-1-5(17(10,11)12)3-6(2-4)18(13,14)15/h7-14H,1-6H3;7H,1-6H2;1-3H,(H,7,8,9)(H,10,11,12)(H,13,14,15)/q+1;;/p-1. The lowest BCUT2D eigenvalue weighted by Crippen LogP contribution is -3.61. The van der Waals surface area contributed by atoms with Gasteiger partial charge >= 0.3 is 21.2 Å². The molecule has 0 saturated carbocycles. The van der Waals surface area contributed by atoms with Gasteiger partial charge in [-0.1, -0.05) is 65.8 Å². The molecule has 7 rings (SSSR count). The van der Waals surface area contributed by atoms with Gasteiger partial charge in [-0.2, -0.15) is 16.8 Å². The van der Waals surface area contributed by atoms with E-state index in [1.54, 1.807) is 0 Å². The second kappa shape index (κ2) is 15.9. The summed E-state index contributed by atoms with van der Waals surface area (Å²) < 4.78 is 95.5. The molecule has 3 aromatic rings. The highest BCUT2D eigenvalue weighted by Gasteiger charge is 2.43. The third-order valence-electron chi connectivity index (χ3n) is 8.86. The fourth-order valence-electron chi connectivity index (χ4n) is 5.42. The quantitative estimate of drug-likeness (QED) is 0.138. The van der Waals surface area contributed by atoms with Crippen LogP contribution in [0.1, 0.15) is 52.7 Å². The lowest BCUT2D eigenvalue weighted by molar-refractivity contribution is -0.597. The Labute approximate surface area is 338 Å². The second-order valence-corrected chi connectivity index (χ2v) is 22.8. The average molecular weight is 942 g/mol. The number of rotatable bonds is 8. The Hall–Kier alpha value is -3.66. The summed E-state index contributed by atoms with van der Waals surface area (Å²) in [6.07, 6.45) is 1.52. The van der Waals surface area contributed by atoms with E-state index in [1.165, 1.54) is 24.3 Å². The van der Waals surface area contributed by atoms with Crippen molar-refractivity contribution >= 4 is 41.9 Å². The highest BCUT2D eigenvalue weighted by atomic mass is 127. The maximum atomic E-state index is 12.4. The summed E-state index contributed by atoms with van der Waals surface area (Å²) in [7, 11) is -15.1. The monoisotopic (exact) mass is 941 g/mol. The molecule has 0 unspecified atom stereocenters. The van der Waals surface area contributed by atoms with Crippen LogP contribution in [-0.4, -0.2) is 104 Å². The molecule has 3 aromatic carbocycles. The summed E-state index contributed by atoms with van der Waals surface area (Å²) in [5.41, 5.74) is 5.20. The van der Waals surface area contributed by atoms with Gasteiger partial charge in [-0.05, 0) is 64.4 Å². The second-order valence-electron chi connectivity index (χ2n) is 15.5. The Morgan fingerprint density at radius 2 is 0.929 bits per heavy atom. The van der Waals surface area contributed by atoms with E-state index in [2.05, 4.69) is 90.1 Å². The van der Waals surface area contributed by atoms with E-state index in [1.807, 2.05) is 14.7 Å². The molecule has 18 heteroatoms. The zero-order chi connectivity index (χ0) is 41.6. The molecule has 302 valence electrons. The van der Waals surface area contributed by atoms with Gasteiger partial charge in [0.2, 0.25) is 11.6 Å². The zero-order valence-electron chi connectivity index (χ0n) is 31.7. The first-order valence-electron chi connectivity index (χ1n) is 17.5. The van der Waals surface area contributed by atoms with Gasteiger partial charge in [0.1, 0.15) is 21.5 Å². The van der Waals surface area contributed by atoms with Gasteiger partial charge in [0, 0.05) is 45.3 Å². The third-order valence-corrected chi connectivity index (χ3v) is 14.0. The number of ketones is 2. The van der Waals surface area contributed by atoms with Gasteiger partial charge in [0.25, 0.3) is 20.2 Å². The Bertz CT molecular complexity index is 2240. The van der Waals surface area contributed by atoms with Crippen molar-refractivity contribution in [3.8, 4) is 0 Å². The van der Waals surface area contributed by atoms with Crippen LogP contribution in [0.15, 0.2) is 105 Å². The lowest BCUT2D eigenvalue weighted by Gasteiger charge is -2.21. The summed E-state index contributed by atoms with van der Waals surface area (Å²) in [6.45, 7) is 19.0. The van der Waals surface area contributed by atoms with Crippen LogP contribution in [0.5, 0.6) is 0 Å². The van der Waals surface area contributed by atoms with E-state index in [-0.39, 0.29) is 55.7 Å². The number of halogens is 1. The smallest absolute Gasteiger partial charge is 0.357 e. The first-order valence-corrected chi connectivity index (χ1v) is 23.9. The van der Waals surface area contributed by atoms with Crippen molar-refractivity contribution in [3.63, 3.8) is 0 Å². The average Bonchev–Trinajstić information content (AvgIpc) is 3.92. The van der Waals surface area contributed by atoms with E-state index in [9.17, 15) is 39.4 Å². The van der Waals surface area contributed by atoms with E-state index in [0.29, 0.717) is 23.2 Å². The topological polar surface area (TPSA) is 209 Å². The van der Waals surface area contributed by atoms with Crippen molar-refractivity contribution in [3.05, 3.63) is 108 Å². The number of carbonyl (C=O) groups excluding carboxylic acids is 2. The van der Waals surface area contributed by atoms with Crippen molar-refractivity contribution in [1.82, 2.24) is 14.7 Å². The van der Waals surface area contributed by atoms with Crippen LogP contribution < -0.4 is 21.2 Å². The van der Waals surface area contributed by atoms with Crippen molar-refractivity contribution in [1.29, 1.82) is 0 Å². The van der Waals surface area contributed by atoms with E-state index in [0.717, 1.165) is 39.3 Å². The van der Waals surface area contributed by atoms with Crippen molar-refractivity contribution in [2.24, 2.45) is 0 Å². The molecule has 0 bridgehead atoms. The van der Waals surface area contributed by atoms with Crippen molar-refractivity contribution in [2.45, 2.75) is 67.1 Å². The van der Waals surface area contributed by atoms with Gasteiger partial charge in [0.05, 0.1) is 20.4 Å². The number of carbonyl (C=O) groups is 2. The Morgan fingerprint density at radius 1 is 0.571 bits per heavy atom. The Balaban J connectivity index is 0.000000162. The molecule has 0 aromatic heterocycles. The number of benzene rings is 3. The summed E-state index contributed by atoms with van der Waals surface area (Å²) in [5.74, 6) is 0.0485. The van der Waals surface area contributed by atoms with Gasteiger partial charge in [-0.25, -0.2) is 8.42 Å². The predicted molar refractivity (Wildman–Crippen MR) is 202 cm³/mol. The van der Waals surface area contributed by atoms with E-state index >= 15 is 0 Å². The van der Waals surface area contributed by atoms with Gasteiger partial charge < -0.3 is 19.3 Å². The zero-order valence-corrected chi connectivity index (χ0v) is 36.3. The number of allylic oxidation sites excluding steroid dienone is 1. The lowest BCUT2D eigenvalue weighted by atomic mass is 9.87. The van der Waals surface area contributed by atoms with Crippen LogP contribution >= 0.6 is 0 Å². The molecule has 3 saturated heterocycles. The maximum Gasteiger partial charge on any atom is 0.357 e. The minimum atomic E-state index is -5.17. The molecular weight excluding hydrogens is 898 g/mol. The predicted octanol–water partition coefficient (Wildman–Crippen LogP) is 0.675. The fraction of sp³-hybridized carbons (Fsp3) is 0.368. The Morgan fingerprint density at radius 3 is 1.25 bits per heavy atom. The minimum absolute atomic E-state index is 0.00546. The molecule has 3 fully saturated rings. The molecule has 2 N–H and O–H groups in total. The fourth-order valence-corrected chi connectivity index (χ4v) is 9.44. The number of nitrogens with zero attached hydrogens (tertiary/aromatic N) is 3. The normalized spacial score (nSPS) is 17.1. The first kappa shape index (κ1) is 43.5. The molecule has 14 nitrogen and oxygen atoms in total.